The van der Waals surface area contributed by atoms with Crippen molar-refractivity contribution in [3.8, 4) is 11.3 Å². The van der Waals surface area contributed by atoms with Crippen molar-refractivity contribution in [1.82, 2.24) is 9.97 Å². The van der Waals surface area contributed by atoms with Crippen molar-refractivity contribution in [2.75, 3.05) is 29.4 Å². The predicted octanol–water partition coefficient (Wildman–Crippen LogP) is 5.41. The lowest BCUT2D eigenvalue weighted by molar-refractivity contribution is -0.123. The third-order valence-electron chi connectivity index (χ3n) is 7.08. The summed E-state index contributed by atoms with van der Waals surface area (Å²) >= 11 is 6.39. The lowest BCUT2D eigenvalue weighted by Gasteiger charge is -2.35. The second-order valence-electron chi connectivity index (χ2n) is 9.22. The number of anilines is 2. The van der Waals surface area contributed by atoms with E-state index in [1.807, 2.05) is 29.2 Å². The largest absolute Gasteiger partial charge is 0.371 e. The van der Waals surface area contributed by atoms with Gasteiger partial charge in [-0.2, -0.15) is 0 Å². The Balaban J connectivity index is 1.25. The minimum Gasteiger partial charge on any atom is -0.371 e. The summed E-state index contributed by atoms with van der Waals surface area (Å²) in [5, 5.41) is 0.683. The number of fused-ring (bicyclic) bond motifs is 3. The van der Waals surface area contributed by atoms with E-state index in [1.54, 1.807) is 0 Å². The van der Waals surface area contributed by atoms with Gasteiger partial charge < -0.3 is 14.8 Å². The molecule has 2 aromatic carbocycles. The number of para-hydroxylation sites is 1. The van der Waals surface area contributed by atoms with E-state index in [4.69, 9.17) is 16.6 Å². The number of H-pyrrole nitrogens is 1. The van der Waals surface area contributed by atoms with E-state index in [2.05, 4.69) is 34.1 Å². The first-order valence-electron chi connectivity index (χ1n) is 11.7. The van der Waals surface area contributed by atoms with E-state index < -0.39 is 0 Å². The van der Waals surface area contributed by atoms with Gasteiger partial charge in [0, 0.05) is 54.2 Å². The fourth-order valence-electron chi connectivity index (χ4n) is 5.14. The number of hydrogen-bond acceptors (Lipinski definition) is 3. The maximum Gasteiger partial charge on any atom is 0.230 e. The summed E-state index contributed by atoms with van der Waals surface area (Å²) in [7, 11) is 0. The van der Waals surface area contributed by atoms with E-state index in [9.17, 15) is 4.79 Å². The highest BCUT2D eigenvalue weighted by Gasteiger charge is 2.34. The molecule has 6 heteroatoms. The number of hydrogen-bond donors (Lipinski definition) is 1. The first-order chi connectivity index (χ1) is 15.7. The Hall–Kier alpha value is -2.79. The Morgan fingerprint density at radius 2 is 1.78 bits per heavy atom. The first-order valence-corrected chi connectivity index (χ1v) is 12.1. The fraction of sp³-hybridized carbons (Fsp3) is 0.385. The molecule has 3 heterocycles. The molecule has 6 rings (SSSR count). The number of halogens is 1. The number of imidazole rings is 1. The summed E-state index contributed by atoms with van der Waals surface area (Å²) < 4.78 is 0. The number of carbonyl (C=O) groups is 1. The Kier molecular flexibility index (Phi) is 4.94. The molecule has 2 aliphatic heterocycles. The number of nitrogens with zero attached hydrogens (tertiary/aromatic N) is 3. The number of rotatable bonds is 3. The molecule has 1 N–H and O–H groups in total. The van der Waals surface area contributed by atoms with Crippen molar-refractivity contribution in [3.63, 3.8) is 0 Å². The summed E-state index contributed by atoms with van der Waals surface area (Å²) in [6, 6.07) is 16.4. The van der Waals surface area contributed by atoms with Crippen molar-refractivity contribution < 1.29 is 4.79 Å². The second kappa shape index (κ2) is 7.96. The van der Waals surface area contributed by atoms with Crippen molar-refractivity contribution in [2.24, 2.45) is 5.92 Å². The molecule has 32 heavy (non-hydrogen) atoms. The van der Waals surface area contributed by atoms with E-state index in [0.29, 0.717) is 17.5 Å². The number of amides is 1. The van der Waals surface area contributed by atoms with Crippen LogP contribution >= 0.6 is 11.6 Å². The number of benzene rings is 2. The van der Waals surface area contributed by atoms with Crippen LogP contribution in [-0.4, -0.2) is 35.5 Å². The number of aromatic amines is 1. The smallest absolute Gasteiger partial charge is 0.230 e. The van der Waals surface area contributed by atoms with Gasteiger partial charge in [0.2, 0.25) is 5.91 Å². The van der Waals surface area contributed by atoms with Gasteiger partial charge in [0.15, 0.2) is 0 Å². The first kappa shape index (κ1) is 19.9. The minimum absolute atomic E-state index is 0.0462. The van der Waals surface area contributed by atoms with Crippen molar-refractivity contribution >= 4 is 28.9 Å². The van der Waals surface area contributed by atoms with Crippen molar-refractivity contribution in [2.45, 2.75) is 38.0 Å². The number of carbonyl (C=O) groups excluding carboxylic acids is 1. The maximum atomic E-state index is 13.7. The Labute approximate surface area is 193 Å². The molecule has 1 amide bonds. The lowest BCUT2D eigenvalue weighted by atomic mass is 9.94. The summed E-state index contributed by atoms with van der Waals surface area (Å²) in [5.74, 6) is 1.94. The quantitative estimate of drug-likeness (QED) is 0.585. The van der Waals surface area contributed by atoms with Crippen LogP contribution in [0, 0.1) is 5.92 Å². The summed E-state index contributed by atoms with van der Waals surface area (Å²) in [6.45, 7) is 2.48. The molecule has 1 saturated heterocycles. The molecule has 5 nitrogen and oxygen atoms in total. The molecule has 2 fully saturated rings. The molecule has 0 spiro atoms. The van der Waals surface area contributed by atoms with Crippen molar-refractivity contribution in [1.29, 1.82) is 0 Å². The van der Waals surface area contributed by atoms with Crippen LogP contribution in [0.25, 0.3) is 11.3 Å². The molecule has 0 unspecified atom stereocenters. The van der Waals surface area contributed by atoms with Crippen molar-refractivity contribution in [3.05, 3.63) is 65.1 Å². The Bertz CT molecular complexity index is 1150. The minimum atomic E-state index is 0.0462. The molecule has 3 aromatic rings. The second-order valence-corrected chi connectivity index (χ2v) is 9.65. The van der Waals surface area contributed by atoms with Crippen LogP contribution in [0.1, 0.15) is 43.1 Å². The molecular weight excluding hydrogens is 420 g/mol. The van der Waals surface area contributed by atoms with E-state index >= 15 is 0 Å². The highest BCUT2D eigenvalue weighted by atomic mass is 35.5. The molecule has 0 bridgehead atoms. The zero-order valence-electron chi connectivity index (χ0n) is 18.1. The van der Waals surface area contributed by atoms with Gasteiger partial charge in [0.05, 0.1) is 17.1 Å². The molecular formula is C26H27ClN4O. The number of nitrogens with one attached hydrogen (secondary N) is 1. The SMILES string of the molecule is O=C(C1CCN(c2ccccc2)CC1)N1CCc2nc(C3CC3)[nH]c2-c2cc(Cl)ccc21. The predicted molar refractivity (Wildman–Crippen MR) is 128 cm³/mol. The lowest BCUT2D eigenvalue weighted by Crippen LogP contribution is -2.43. The van der Waals surface area contributed by atoms with Gasteiger partial charge in [-0.3, -0.25) is 4.79 Å². The number of piperidine rings is 1. The maximum absolute atomic E-state index is 13.7. The average molecular weight is 447 g/mol. The van der Waals surface area contributed by atoms with Crippen LogP contribution in [0.5, 0.6) is 0 Å². The van der Waals surface area contributed by atoms with Gasteiger partial charge in [0.25, 0.3) is 0 Å². The highest BCUT2D eigenvalue weighted by molar-refractivity contribution is 6.31. The monoisotopic (exact) mass is 446 g/mol. The molecule has 3 aliphatic rings. The van der Waals surface area contributed by atoms with Crippen LogP contribution in [0.3, 0.4) is 0 Å². The molecule has 164 valence electrons. The van der Waals surface area contributed by atoms with Gasteiger partial charge in [-0.1, -0.05) is 29.8 Å². The van der Waals surface area contributed by atoms with Crippen LogP contribution < -0.4 is 9.80 Å². The zero-order valence-corrected chi connectivity index (χ0v) is 18.8. The Morgan fingerprint density at radius 1 is 1.00 bits per heavy atom. The molecule has 0 atom stereocenters. The van der Waals surface area contributed by atoms with Gasteiger partial charge in [0.1, 0.15) is 5.82 Å². The van der Waals surface area contributed by atoms with Crippen LogP contribution in [0.2, 0.25) is 5.02 Å². The van der Waals surface area contributed by atoms with E-state index in [1.165, 1.54) is 18.5 Å². The summed E-state index contributed by atoms with van der Waals surface area (Å²) in [4.78, 5) is 26.5. The molecule has 1 aromatic heterocycles. The van der Waals surface area contributed by atoms with Gasteiger partial charge >= 0.3 is 0 Å². The highest BCUT2D eigenvalue weighted by Crippen LogP contribution is 2.43. The zero-order chi connectivity index (χ0) is 21.7. The van der Waals surface area contributed by atoms with Gasteiger partial charge in [-0.25, -0.2) is 4.98 Å². The third-order valence-corrected chi connectivity index (χ3v) is 7.32. The molecule has 1 saturated carbocycles. The standard InChI is InChI=1S/C26H27ClN4O/c27-19-8-9-23-21(16-19)24-22(28-25(29-24)17-6-7-17)12-15-31(23)26(32)18-10-13-30(14-11-18)20-4-2-1-3-5-20/h1-5,8-9,16-18H,6-7,10-15H2,(H,28,29). The van der Waals surface area contributed by atoms with Crippen LogP contribution in [-0.2, 0) is 11.2 Å². The Morgan fingerprint density at radius 3 is 2.53 bits per heavy atom. The van der Waals surface area contributed by atoms with Crippen LogP contribution in [0.4, 0.5) is 11.4 Å². The number of aromatic nitrogens is 2. The van der Waals surface area contributed by atoms with Gasteiger partial charge in [-0.05, 0) is 56.0 Å². The molecule has 1 aliphatic carbocycles. The third kappa shape index (κ3) is 3.58. The van der Waals surface area contributed by atoms with Crippen LogP contribution in [0.15, 0.2) is 48.5 Å². The summed E-state index contributed by atoms with van der Waals surface area (Å²) in [6.07, 6.45) is 4.94. The normalized spacial score (nSPS) is 18.8. The van der Waals surface area contributed by atoms with E-state index in [-0.39, 0.29) is 11.8 Å². The average Bonchev–Trinajstić information content (AvgIpc) is 3.62. The topological polar surface area (TPSA) is 52.2 Å². The van der Waals surface area contributed by atoms with E-state index in [0.717, 1.165) is 60.8 Å². The van der Waals surface area contributed by atoms with Gasteiger partial charge in [-0.15, -0.1) is 0 Å². The molecule has 0 radical (unpaired) electrons. The fourth-order valence-corrected chi connectivity index (χ4v) is 5.31. The summed E-state index contributed by atoms with van der Waals surface area (Å²) in [5.41, 5.74) is 5.29.